The van der Waals surface area contributed by atoms with Gasteiger partial charge in [0.25, 0.3) is 0 Å². The zero-order valence-corrected chi connectivity index (χ0v) is 8.62. The predicted molar refractivity (Wildman–Crippen MR) is 48.6 cm³/mol. The summed E-state index contributed by atoms with van der Waals surface area (Å²) in [4.78, 5) is 7.41. The van der Waals surface area contributed by atoms with Gasteiger partial charge in [-0.15, -0.1) is 0 Å². The topological polar surface area (TPSA) is 55.2 Å². The normalized spacial score (nSPS) is 12.1. The summed E-state index contributed by atoms with van der Waals surface area (Å²) >= 11 is 0. The van der Waals surface area contributed by atoms with E-state index in [1.807, 2.05) is 0 Å². The van der Waals surface area contributed by atoms with E-state index in [0.717, 1.165) is 0 Å². The van der Waals surface area contributed by atoms with Gasteiger partial charge in [0, 0.05) is 6.20 Å². The molecule has 96 valence electrons. The maximum Gasteiger partial charge on any atom is 0.330 e. The summed E-state index contributed by atoms with van der Waals surface area (Å²) in [6, 6.07) is 1.43. The molecule has 0 aromatic carbocycles. The van der Waals surface area contributed by atoms with Crippen molar-refractivity contribution in [2.45, 2.75) is 25.6 Å². The van der Waals surface area contributed by atoms with Crippen molar-refractivity contribution in [1.29, 1.82) is 0 Å². The van der Waals surface area contributed by atoms with Crippen LogP contribution in [0.5, 0.6) is 0 Å². The Bertz CT molecular complexity index is 363. The van der Waals surface area contributed by atoms with Crippen molar-refractivity contribution in [2.24, 2.45) is 0 Å². The summed E-state index contributed by atoms with van der Waals surface area (Å²) < 4.78 is 52.8. The number of hydrogen-bond donors (Lipinski definition) is 1. The van der Waals surface area contributed by atoms with E-state index in [9.17, 15) is 17.6 Å². The number of alkyl halides is 4. The minimum absolute atomic E-state index is 0.0432. The third-order valence-electron chi connectivity index (χ3n) is 1.77. The van der Waals surface area contributed by atoms with E-state index in [4.69, 9.17) is 5.11 Å². The van der Waals surface area contributed by atoms with Gasteiger partial charge in [0.15, 0.2) is 5.82 Å². The average molecular weight is 254 g/mol. The van der Waals surface area contributed by atoms with Crippen molar-refractivity contribution in [3.05, 3.63) is 23.8 Å². The molecule has 0 aliphatic carbocycles. The molecular formula is C9H10F4N2O2. The molecule has 0 bridgehead atoms. The number of halogens is 4. The second-order valence-electron chi connectivity index (χ2n) is 3.18. The van der Waals surface area contributed by atoms with Gasteiger partial charge in [0.05, 0.1) is 12.3 Å². The summed E-state index contributed by atoms with van der Waals surface area (Å²) in [5.74, 6) is -4.14. The molecule has 0 unspecified atom stereocenters. The third kappa shape index (κ3) is 4.23. The Morgan fingerprint density at radius 3 is 2.71 bits per heavy atom. The second kappa shape index (κ2) is 5.87. The molecule has 0 atom stereocenters. The lowest BCUT2D eigenvalue weighted by Gasteiger charge is -2.14. The number of aliphatic hydroxyl groups is 1. The highest BCUT2D eigenvalue weighted by Crippen LogP contribution is 2.23. The van der Waals surface area contributed by atoms with E-state index in [2.05, 4.69) is 14.7 Å². The monoisotopic (exact) mass is 254 g/mol. The second-order valence-corrected chi connectivity index (χ2v) is 3.18. The zero-order valence-electron chi connectivity index (χ0n) is 8.62. The van der Waals surface area contributed by atoms with Crippen LogP contribution >= 0.6 is 0 Å². The molecule has 0 aliphatic rings. The third-order valence-corrected chi connectivity index (χ3v) is 1.77. The molecule has 0 aliphatic heterocycles. The van der Waals surface area contributed by atoms with Crippen LogP contribution < -0.4 is 0 Å². The SMILES string of the molecule is OCc1ccnc(COCC(F)(F)C(F)F)n1. The van der Waals surface area contributed by atoms with Gasteiger partial charge < -0.3 is 9.84 Å². The van der Waals surface area contributed by atoms with Gasteiger partial charge in [-0.25, -0.2) is 18.7 Å². The van der Waals surface area contributed by atoms with Gasteiger partial charge in [-0.05, 0) is 6.07 Å². The van der Waals surface area contributed by atoms with E-state index in [0.29, 0.717) is 5.69 Å². The van der Waals surface area contributed by atoms with Crippen LogP contribution in [0.2, 0.25) is 0 Å². The molecular weight excluding hydrogens is 244 g/mol. The van der Waals surface area contributed by atoms with Gasteiger partial charge in [-0.1, -0.05) is 0 Å². The molecule has 0 fully saturated rings. The Morgan fingerprint density at radius 1 is 1.41 bits per heavy atom. The molecule has 8 heteroatoms. The van der Waals surface area contributed by atoms with Crippen molar-refractivity contribution in [3.63, 3.8) is 0 Å². The lowest BCUT2D eigenvalue weighted by molar-refractivity contribution is -0.168. The van der Waals surface area contributed by atoms with Crippen LogP contribution in [0.1, 0.15) is 11.5 Å². The fourth-order valence-electron chi connectivity index (χ4n) is 0.940. The molecule has 0 saturated heterocycles. The summed E-state index contributed by atoms with van der Waals surface area (Å²) in [5.41, 5.74) is 0.291. The van der Waals surface area contributed by atoms with Crippen LogP contribution in [0.15, 0.2) is 12.3 Å². The van der Waals surface area contributed by atoms with Crippen molar-refractivity contribution in [1.82, 2.24) is 9.97 Å². The van der Waals surface area contributed by atoms with Gasteiger partial charge >= 0.3 is 12.3 Å². The molecule has 1 heterocycles. The minimum atomic E-state index is -4.19. The van der Waals surface area contributed by atoms with Gasteiger partial charge in [-0.3, -0.25) is 0 Å². The Hall–Kier alpha value is -1.28. The predicted octanol–water partition coefficient (Wildman–Crippen LogP) is 1.39. The van der Waals surface area contributed by atoms with Gasteiger partial charge in [-0.2, -0.15) is 8.78 Å². The molecule has 17 heavy (non-hydrogen) atoms. The van der Waals surface area contributed by atoms with Crippen LogP contribution in [0.4, 0.5) is 17.6 Å². The van der Waals surface area contributed by atoms with Crippen LogP contribution in [-0.4, -0.2) is 34.0 Å². The fraction of sp³-hybridized carbons (Fsp3) is 0.556. The number of ether oxygens (including phenoxy) is 1. The first-order valence-corrected chi connectivity index (χ1v) is 4.61. The van der Waals surface area contributed by atoms with Crippen molar-refractivity contribution < 1.29 is 27.4 Å². The van der Waals surface area contributed by atoms with Crippen LogP contribution in [-0.2, 0) is 18.0 Å². The summed E-state index contributed by atoms with van der Waals surface area (Å²) in [5, 5.41) is 8.74. The maximum absolute atomic E-state index is 12.4. The number of hydrogen-bond acceptors (Lipinski definition) is 4. The van der Waals surface area contributed by atoms with Gasteiger partial charge in [0.2, 0.25) is 0 Å². The lowest BCUT2D eigenvalue weighted by Crippen LogP contribution is -2.32. The highest BCUT2D eigenvalue weighted by molar-refractivity contribution is 5.00. The smallest absolute Gasteiger partial charge is 0.330 e. The Labute approximate surface area is 94.3 Å². The number of nitrogens with zero attached hydrogens (tertiary/aromatic N) is 2. The first-order valence-electron chi connectivity index (χ1n) is 4.61. The van der Waals surface area contributed by atoms with Crippen LogP contribution in [0.3, 0.4) is 0 Å². The Balaban J connectivity index is 2.45. The standard InChI is InChI=1S/C9H10F4N2O2/c10-8(11)9(12,13)5-17-4-7-14-2-1-6(3-16)15-7/h1-2,8,16H,3-5H2. The molecule has 0 amide bonds. The molecule has 1 aromatic heterocycles. The first kappa shape index (κ1) is 13.8. The minimum Gasteiger partial charge on any atom is -0.390 e. The summed E-state index contributed by atoms with van der Waals surface area (Å²) in [6.07, 6.45) is -2.46. The highest BCUT2D eigenvalue weighted by Gasteiger charge is 2.40. The molecule has 4 nitrogen and oxygen atoms in total. The average Bonchev–Trinajstić information content (AvgIpc) is 2.29. The van der Waals surface area contributed by atoms with Crippen molar-refractivity contribution in [2.75, 3.05) is 6.61 Å². The van der Waals surface area contributed by atoms with E-state index >= 15 is 0 Å². The largest absolute Gasteiger partial charge is 0.390 e. The highest BCUT2D eigenvalue weighted by atomic mass is 19.3. The quantitative estimate of drug-likeness (QED) is 0.779. The van der Waals surface area contributed by atoms with E-state index in [1.165, 1.54) is 12.3 Å². The maximum atomic E-state index is 12.4. The van der Waals surface area contributed by atoms with Crippen LogP contribution in [0.25, 0.3) is 0 Å². The fourth-order valence-corrected chi connectivity index (χ4v) is 0.940. The van der Waals surface area contributed by atoms with E-state index < -0.39 is 25.6 Å². The summed E-state index contributed by atoms with van der Waals surface area (Å²) in [7, 11) is 0. The number of aliphatic hydroxyl groups excluding tert-OH is 1. The number of rotatable bonds is 6. The van der Waals surface area contributed by atoms with Gasteiger partial charge in [0.1, 0.15) is 13.2 Å². The van der Waals surface area contributed by atoms with Crippen molar-refractivity contribution in [3.8, 4) is 0 Å². The Kier molecular flexibility index (Phi) is 4.76. The van der Waals surface area contributed by atoms with Crippen LogP contribution in [0, 0.1) is 0 Å². The Morgan fingerprint density at radius 2 is 2.12 bits per heavy atom. The molecule has 1 N–H and O–H groups in total. The molecule has 0 saturated carbocycles. The molecule has 0 radical (unpaired) electrons. The summed E-state index contributed by atoms with van der Waals surface area (Å²) in [6.45, 7) is -2.16. The number of aromatic nitrogens is 2. The zero-order chi connectivity index (χ0) is 12.9. The first-order chi connectivity index (χ1) is 7.95. The van der Waals surface area contributed by atoms with E-state index in [-0.39, 0.29) is 12.4 Å². The molecule has 1 rings (SSSR count). The molecule has 1 aromatic rings. The van der Waals surface area contributed by atoms with Crippen molar-refractivity contribution >= 4 is 0 Å². The van der Waals surface area contributed by atoms with E-state index in [1.54, 1.807) is 0 Å². The lowest BCUT2D eigenvalue weighted by atomic mass is 10.4. The molecule has 0 spiro atoms.